The van der Waals surface area contributed by atoms with Gasteiger partial charge in [0.2, 0.25) is 0 Å². The van der Waals surface area contributed by atoms with Crippen molar-refractivity contribution < 1.29 is 1.43 Å². The van der Waals surface area contributed by atoms with Crippen LogP contribution in [-0.4, -0.2) is 0 Å². The molecule has 0 aromatic rings. The Morgan fingerprint density at radius 2 is 2.25 bits per heavy atom. The van der Waals surface area contributed by atoms with Gasteiger partial charge >= 0.3 is 0 Å². The normalized spacial score (nSPS) is 19.0. The van der Waals surface area contributed by atoms with Crippen molar-refractivity contribution in [1.82, 2.24) is 0 Å². The van der Waals surface area contributed by atoms with Gasteiger partial charge in [-0.15, -0.1) is 0 Å². The fourth-order valence-electron chi connectivity index (χ4n) is 1.89. The van der Waals surface area contributed by atoms with Gasteiger partial charge in [0.1, 0.15) is 0 Å². The van der Waals surface area contributed by atoms with E-state index in [4.69, 9.17) is 0 Å². The fraction of sp³-hybridized carbons (Fsp3) is 0.667. The van der Waals surface area contributed by atoms with Crippen LogP contribution in [0.2, 0.25) is 0 Å². The van der Waals surface area contributed by atoms with E-state index < -0.39 is 0 Å². The molecule has 0 bridgehead atoms. The van der Waals surface area contributed by atoms with Gasteiger partial charge in [-0.1, -0.05) is 38.5 Å². The summed E-state index contributed by atoms with van der Waals surface area (Å²) in [6, 6.07) is 0. The molecule has 0 spiro atoms. The average molecular weight is 166 g/mol. The lowest BCUT2D eigenvalue weighted by Gasteiger charge is -2.17. The molecule has 0 aromatic heterocycles. The zero-order valence-electron chi connectivity index (χ0n) is 8.34. The standard InChI is InChI=1S/C12H20.H2/c1-3-8-11(4-2)12-9-6-5-7-10-12;/h6,9-11H,3-5,7-8H2,1-2H3;1H. The molecule has 0 heteroatoms. The zero-order valence-corrected chi connectivity index (χ0v) is 8.34. The molecule has 0 heterocycles. The van der Waals surface area contributed by atoms with Gasteiger partial charge in [0.05, 0.1) is 0 Å². The van der Waals surface area contributed by atoms with Gasteiger partial charge in [-0.3, -0.25) is 0 Å². The molecule has 1 aliphatic rings. The van der Waals surface area contributed by atoms with Crippen LogP contribution >= 0.6 is 0 Å². The van der Waals surface area contributed by atoms with Gasteiger partial charge in [-0.25, -0.2) is 0 Å². The highest BCUT2D eigenvalue weighted by Gasteiger charge is 2.09. The van der Waals surface area contributed by atoms with E-state index in [0.29, 0.717) is 0 Å². The first-order chi connectivity index (χ1) is 5.88. The van der Waals surface area contributed by atoms with Crippen LogP contribution in [0.4, 0.5) is 0 Å². The molecule has 0 amide bonds. The van der Waals surface area contributed by atoms with Gasteiger partial charge in [0.15, 0.2) is 0 Å². The Labute approximate surface area is 77.9 Å². The Kier molecular flexibility index (Phi) is 4.13. The maximum Gasteiger partial charge on any atom is 0 e. The Bertz CT molecular complexity index is 180. The number of hydrogen-bond donors (Lipinski definition) is 0. The first-order valence-electron chi connectivity index (χ1n) is 5.25. The predicted molar refractivity (Wildman–Crippen MR) is 57.3 cm³/mol. The molecule has 1 aliphatic carbocycles. The summed E-state index contributed by atoms with van der Waals surface area (Å²) in [7, 11) is 0. The molecule has 0 saturated heterocycles. The van der Waals surface area contributed by atoms with Gasteiger partial charge < -0.3 is 0 Å². The molecule has 12 heavy (non-hydrogen) atoms. The second-order valence-electron chi connectivity index (χ2n) is 3.58. The molecule has 0 saturated carbocycles. The van der Waals surface area contributed by atoms with Crippen molar-refractivity contribution in [2.45, 2.75) is 46.0 Å². The van der Waals surface area contributed by atoms with E-state index in [-0.39, 0.29) is 1.43 Å². The van der Waals surface area contributed by atoms with Crippen LogP contribution in [0.3, 0.4) is 0 Å². The second kappa shape index (κ2) is 5.18. The van der Waals surface area contributed by atoms with Crippen molar-refractivity contribution in [1.29, 1.82) is 0 Å². The maximum absolute atomic E-state index is 2.42. The van der Waals surface area contributed by atoms with Gasteiger partial charge in [0, 0.05) is 1.43 Å². The van der Waals surface area contributed by atoms with Gasteiger partial charge in [0.25, 0.3) is 0 Å². The second-order valence-corrected chi connectivity index (χ2v) is 3.58. The van der Waals surface area contributed by atoms with Crippen molar-refractivity contribution >= 4 is 0 Å². The zero-order chi connectivity index (χ0) is 8.81. The molecular weight excluding hydrogens is 144 g/mol. The first-order valence-corrected chi connectivity index (χ1v) is 5.25. The summed E-state index contributed by atoms with van der Waals surface area (Å²) in [5.41, 5.74) is 1.59. The summed E-state index contributed by atoms with van der Waals surface area (Å²) in [6.45, 7) is 4.57. The third kappa shape index (κ3) is 2.51. The Morgan fingerprint density at radius 1 is 1.42 bits per heavy atom. The minimum Gasteiger partial charge on any atom is -0.0840 e. The Balaban J connectivity index is 0.00000144. The Morgan fingerprint density at radius 3 is 2.75 bits per heavy atom. The minimum atomic E-state index is 0. The quantitative estimate of drug-likeness (QED) is 0.583. The lowest BCUT2D eigenvalue weighted by molar-refractivity contribution is 0.540. The van der Waals surface area contributed by atoms with E-state index in [0.717, 1.165) is 5.92 Å². The number of hydrogen-bond acceptors (Lipinski definition) is 0. The molecule has 0 radical (unpaired) electrons. The SMILES string of the molecule is CCCC(CC)C1=CCCC=C1.[HH]. The van der Waals surface area contributed by atoms with Crippen molar-refractivity contribution in [2.75, 3.05) is 0 Å². The molecular formula is C12H22. The summed E-state index contributed by atoms with van der Waals surface area (Å²) in [6.07, 6.45) is 13.5. The lowest BCUT2D eigenvalue weighted by atomic mass is 9.89. The monoisotopic (exact) mass is 166 g/mol. The van der Waals surface area contributed by atoms with E-state index in [2.05, 4.69) is 32.1 Å². The molecule has 0 aliphatic heterocycles. The van der Waals surface area contributed by atoms with E-state index in [1.54, 1.807) is 5.57 Å². The molecule has 0 aromatic carbocycles. The summed E-state index contributed by atoms with van der Waals surface area (Å²) in [5.74, 6) is 0.826. The maximum atomic E-state index is 2.42. The highest BCUT2D eigenvalue weighted by Crippen LogP contribution is 2.25. The van der Waals surface area contributed by atoms with Crippen molar-refractivity contribution in [3.63, 3.8) is 0 Å². The highest BCUT2D eigenvalue weighted by molar-refractivity contribution is 5.24. The van der Waals surface area contributed by atoms with Crippen LogP contribution in [0.1, 0.15) is 47.4 Å². The van der Waals surface area contributed by atoms with Crippen LogP contribution < -0.4 is 0 Å². The summed E-state index contributed by atoms with van der Waals surface area (Å²) in [4.78, 5) is 0. The third-order valence-electron chi connectivity index (χ3n) is 2.63. The molecule has 0 fully saturated rings. The lowest BCUT2D eigenvalue weighted by Crippen LogP contribution is -2.02. The first kappa shape index (κ1) is 9.57. The van der Waals surface area contributed by atoms with Crippen LogP contribution in [0.25, 0.3) is 0 Å². The van der Waals surface area contributed by atoms with Crippen molar-refractivity contribution in [3.05, 3.63) is 23.8 Å². The smallest absolute Gasteiger partial charge is 0 e. The van der Waals surface area contributed by atoms with Crippen LogP contribution in [-0.2, 0) is 0 Å². The van der Waals surface area contributed by atoms with Crippen molar-refractivity contribution in [3.8, 4) is 0 Å². The summed E-state index contributed by atoms with van der Waals surface area (Å²) in [5, 5.41) is 0. The van der Waals surface area contributed by atoms with Crippen LogP contribution in [0.5, 0.6) is 0 Å². The molecule has 1 rings (SSSR count). The molecule has 70 valence electrons. The van der Waals surface area contributed by atoms with E-state index in [1.807, 2.05) is 0 Å². The largest absolute Gasteiger partial charge is 0.0840 e. The minimum absolute atomic E-state index is 0. The predicted octanol–water partition coefficient (Wildman–Crippen LogP) is 4.34. The van der Waals surface area contributed by atoms with Gasteiger partial charge in [-0.2, -0.15) is 0 Å². The third-order valence-corrected chi connectivity index (χ3v) is 2.63. The number of rotatable bonds is 4. The van der Waals surface area contributed by atoms with Crippen LogP contribution in [0, 0.1) is 5.92 Å². The molecule has 1 atom stereocenters. The van der Waals surface area contributed by atoms with E-state index in [1.165, 1.54) is 32.1 Å². The fourth-order valence-corrected chi connectivity index (χ4v) is 1.89. The summed E-state index contributed by atoms with van der Waals surface area (Å²) >= 11 is 0. The van der Waals surface area contributed by atoms with Crippen LogP contribution in [0.15, 0.2) is 23.8 Å². The molecule has 0 N–H and O–H groups in total. The van der Waals surface area contributed by atoms with E-state index >= 15 is 0 Å². The number of allylic oxidation sites excluding steroid dienone is 4. The summed E-state index contributed by atoms with van der Waals surface area (Å²) < 4.78 is 0. The molecule has 1 unspecified atom stereocenters. The van der Waals surface area contributed by atoms with E-state index in [9.17, 15) is 0 Å². The highest BCUT2D eigenvalue weighted by atomic mass is 14.1. The topological polar surface area (TPSA) is 0 Å². The van der Waals surface area contributed by atoms with Gasteiger partial charge in [-0.05, 0) is 37.2 Å². The van der Waals surface area contributed by atoms with Crippen molar-refractivity contribution in [2.24, 2.45) is 5.92 Å². The Hall–Kier alpha value is -0.520. The average Bonchev–Trinajstić information content (AvgIpc) is 2.15. The molecule has 0 nitrogen and oxygen atoms in total.